The molecule has 0 aliphatic carbocycles. The van der Waals surface area contributed by atoms with Crippen LogP contribution in [-0.4, -0.2) is 47.0 Å². The van der Waals surface area contributed by atoms with Gasteiger partial charge in [0.2, 0.25) is 12.3 Å². The molecule has 188 valence electrons. The van der Waals surface area contributed by atoms with Gasteiger partial charge in [0.1, 0.15) is 11.1 Å². The third-order valence-electron chi connectivity index (χ3n) is 4.74. The van der Waals surface area contributed by atoms with E-state index in [1.807, 2.05) is 73.0 Å². The highest BCUT2D eigenvalue weighted by Crippen LogP contribution is 2.34. The molecule has 0 radical (unpaired) electrons. The molecule has 10 heteroatoms. The lowest BCUT2D eigenvalue weighted by Gasteiger charge is -2.12. The van der Waals surface area contributed by atoms with Crippen molar-refractivity contribution in [1.29, 1.82) is 5.26 Å². The molecule has 2 aromatic carbocycles. The molecule has 0 bridgehead atoms. The molecule has 0 aliphatic rings. The second kappa shape index (κ2) is 13.7. The largest absolute Gasteiger partial charge is 0.351 e. The summed E-state index contributed by atoms with van der Waals surface area (Å²) in [6, 6.07) is 21.8. The van der Waals surface area contributed by atoms with Gasteiger partial charge in [-0.15, -0.1) is 11.3 Å². The molecule has 2 heterocycles. The topological polar surface area (TPSA) is 99.0 Å². The van der Waals surface area contributed by atoms with Crippen molar-refractivity contribution in [2.75, 3.05) is 25.2 Å². The highest BCUT2D eigenvalue weighted by molar-refractivity contribution is 9.10. The quantitative estimate of drug-likeness (QED) is 0.201. The number of nitrogens with zero attached hydrogens (tertiary/aromatic N) is 4. The molecule has 0 spiro atoms. The predicted octanol–water partition coefficient (Wildman–Crippen LogP) is 6.25. The first-order chi connectivity index (χ1) is 17.8. The number of anilines is 1. The Balaban J connectivity index is 0.000000695. The van der Waals surface area contributed by atoms with E-state index < -0.39 is 0 Å². The zero-order valence-corrected chi connectivity index (χ0v) is 23.7. The molecule has 2 aromatic heterocycles. The summed E-state index contributed by atoms with van der Waals surface area (Å²) in [6.45, 7) is 1.88. The average Bonchev–Trinajstić information content (AvgIpc) is 3.32. The van der Waals surface area contributed by atoms with Gasteiger partial charge in [-0.25, -0.2) is 9.97 Å². The first kappa shape index (κ1) is 28.1. The fourth-order valence-electron chi connectivity index (χ4n) is 3.05. The number of thioether (sulfide) groups is 1. The van der Waals surface area contributed by atoms with Gasteiger partial charge in [0.25, 0.3) is 0 Å². The number of aromatic nitrogens is 2. The van der Waals surface area contributed by atoms with Crippen LogP contribution >= 0.6 is 39.0 Å². The van der Waals surface area contributed by atoms with Crippen LogP contribution < -0.4 is 5.32 Å². The minimum Gasteiger partial charge on any atom is -0.351 e. The Bertz CT molecular complexity index is 1400. The summed E-state index contributed by atoms with van der Waals surface area (Å²) in [7, 11) is 3.38. The number of halogens is 1. The molecule has 1 N–H and O–H groups in total. The molecule has 0 unspecified atom stereocenters. The Kier molecular flexibility index (Phi) is 10.4. The van der Waals surface area contributed by atoms with Gasteiger partial charge in [0, 0.05) is 35.1 Å². The summed E-state index contributed by atoms with van der Waals surface area (Å²) < 4.78 is 0.974. The summed E-state index contributed by atoms with van der Waals surface area (Å²) in [6.07, 6.45) is 0.750. The van der Waals surface area contributed by atoms with Gasteiger partial charge < -0.3 is 10.2 Å². The number of nitriles is 1. The monoisotopic (exact) mass is 593 g/mol. The number of benzene rings is 2. The van der Waals surface area contributed by atoms with E-state index in [2.05, 4.69) is 32.3 Å². The number of carbonyl (C=O) groups is 2. The Morgan fingerprint density at radius 1 is 1.14 bits per heavy atom. The van der Waals surface area contributed by atoms with Gasteiger partial charge in [-0.05, 0) is 30.7 Å². The standard InChI is InChI=1S/C24H17BrN4OS2.C3H7NO/c1-15-13-32-24(27-15)29-22(30)14-31-23-20(12-26)19(16-5-3-2-4-6-16)11-21(28-23)17-7-9-18(25)10-8-17;1-4(2)3-5/h2-11,13H,14H2,1H3,(H,27,29,30);3H,1-2H3. The summed E-state index contributed by atoms with van der Waals surface area (Å²) >= 11 is 6.09. The van der Waals surface area contributed by atoms with Crippen LogP contribution in [0.5, 0.6) is 0 Å². The van der Waals surface area contributed by atoms with Gasteiger partial charge >= 0.3 is 0 Å². The van der Waals surface area contributed by atoms with Gasteiger partial charge in [-0.1, -0.05) is 70.2 Å². The molecule has 0 aliphatic heterocycles. The fraction of sp³-hybridized carbons (Fsp3) is 0.148. The van der Waals surface area contributed by atoms with E-state index >= 15 is 0 Å². The molecule has 0 fully saturated rings. The van der Waals surface area contributed by atoms with Crippen LogP contribution in [0.4, 0.5) is 5.13 Å². The van der Waals surface area contributed by atoms with Crippen LogP contribution in [0, 0.1) is 18.3 Å². The van der Waals surface area contributed by atoms with E-state index in [1.165, 1.54) is 28.0 Å². The number of hydrogen-bond acceptors (Lipinski definition) is 7. The molecule has 0 saturated heterocycles. The average molecular weight is 595 g/mol. The number of rotatable bonds is 7. The van der Waals surface area contributed by atoms with Gasteiger partial charge in [0.15, 0.2) is 5.13 Å². The molecule has 37 heavy (non-hydrogen) atoms. The van der Waals surface area contributed by atoms with Crippen molar-refractivity contribution in [2.45, 2.75) is 11.9 Å². The SMILES string of the molecule is CN(C)C=O.Cc1csc(NC(=O)CSc2nc(-c3ccc(Br)cc3)cc(-c3ccccc3)c2C#N)n1. The van der Waals surface area contributed by atoms with E-state index in [4.69, 9.17) is 4.98 Å². The highest BCUT2D eigenvalue weighted by atomic mass is 79.9. The Labute approximate surface area is 232 Å². The number of pyridine rings is 1. The van der Waals surface area contributed by atoms with Crippen molar-refractivity contribution >= 4 is 56.5 Å². The lowest BCUT2D eigenvalue weighted by atomic mass is 9.99. The summed E-state index contributed by atoms with van der Waals surface area (Å²) in [5, 5.41) is 15.7. The molecule has 0 atom stereocenters. The molecular formula is C27H24BrN5O2S2. The molecule has 2 amide bonds. The van der Waals surface area contributed by atoms with E-state index in [1.54, 1.807) is 14.1 Å². The fourth-order valence-corrected chi connectivity index (χ4v) is 4.82. The predicted molar refractivity (Wildman–Crippen MR) is 153 cm³/mol. The number of aryl methyl sites for hydroxylation is 1. The number of carbonyl (C=O) groups excluding carboxylic acids is 2. The molecule has 7 nitrogen and oxygen atoms in total. The van der Waals surface area contributed by atoms with Crippen LogP contribution in [0.3, 0.4) is 0 Å². The number of amides is 2. The van der Waals surface area contributed by atoms with E-state index in [9.17, 15) is 14.9 Å². The van der Waals surface area contributed by atoms with Gasteiger partial charge in [-0.2, -0.15) is 5.26 Å². The van der Waals surface area contributed by atoms with Crippen molar-refractivity contribution in [3.63, 3.8) is 0 Å². The van der Waals surface area contributed by atoms with Crippen LogP contribution in [-0.2, 0) is 9.59 Å². The Hall–Kier alpha value is -3.52. The van der Waals surface area contributed by atoms with Crippen molar-refractivity contribution in [2.24, 2.45) is 0 Å². The normalized spacial score (nSPS) is 10.0. The summed E-state index contributed by atoms with van der Waals surface area (Å²) in [5.41, 5.74) is 4.71. The third kappa shape index (κ3) is 8.25. The number of nitrogens with one attached hydrogen (secondary N) is 1. The van der Waals surface area contributed by atoms with Crippen molar-refractivity contribution in [1.82, 2.24) is 14.9 Å². The molecule has 4 aromatic rings. The van der Waals surface area contributed by atoms with Crippen LogP contribution in [0.15, 0.2) is 75.5 Å². The van der Waals surface area contributed by atoms with Crippen LogP contribution in [0.2, 0.25) is 0 Å². The Morgan fingerprint density at radius 3 is 2.38 bits per heavy atom. The lowest BCUT2D eigenvalue weighted by molar-refractivity contribution is -0.116. The third-order valence-corrected chi connectivity index (χ3v) is 7.12. The van der Waals surface area contributed by atoms with Crippen LogP contribution in [0.1, 0.15) is 11.3 Å². The first-order valence-corrected chi connectivity index (χ1v) is 13.7. The zero-order valence-electron chi connectivity index (χ0n) is 20.4. The van der Waals surface area contributed by atoms with Crippen molar-refractivity contribution in [3.8, 4) is 28.5 Å². The smallest absolute Gasteiger partial charge is 0.236 e. The van der Waals surface area contributed by atoms with E-state index in [0.29, 0.717) is 15.7 Å². The maximum absolute atomic E-state index is 12.5. The number of hydrogen-bond donors (Lipinski definition) is 1. The summed E-state index contributed by atoms with van der Waals surface area (Å²) in [4.78, 5) is 32.3. The minimum absolute atomic E-state index is 0.123. The van der Waals surface area contributed by atoms with E-state index in [0.717, 1.165) is 39.0 Å². The van der Waals surface area contributed by atoms with Gasteiger partial charge in [-0.3, -0.25) is 9.59 Å². The molecule has 4 rings (SSSR count). The maximum atomic E-state index is 12.5. The maximum Gasteiger partial charge on any atom is 0.236 e. The van der Waals surface area contributed by atoms with Crippen molar-refractivity contribution < 1.29 is 9.59 Å². The molecule has 0 saturated carbocycles. The zero-order chi connectivity index (χ0) is 26.8. The molecular weight excluding hydrogens is 570 g/mol. The second-order valence-corrected chi connectivity index (χ2v) is 10.7. The lowest BCUT2D eigenvalue weighted by Crippen LogP contribution is -2.14. The highest BCUT2D eigenvalue weighted by Gasteiger charge is 2.17. The summed E-state index contributed by atoms with van der Waals surface area (Å²) in [5.74, 6) is -0.0662. The van der Waals surface area contributed by atoms with Crippen LogP contribution in [0.25, 0.3) is 22.4 Å². The number of thiazole rings is 1. The Morgan fingerprint density at radius 2 is 1.81 bits per heavy atom. The van der Waals surface area contributed by atoms with Gasteiger partial charge in [0.05, 0.1) is 22.7 Å². The van der Waals surface area contributed by atoms with Crippen molar-refractivity contribution in [3.05, 3.63) is 81.8 Å². The second-order valence-electron chi connectivity index (χ2n) is 7.92. The first-order valence-electron chi connectivity index (χ1n) is 11.0. The minimum atomic E-state index is -0.189. The van der Waals surface area contributed by atoms with E-state index in [-0.39, 0.29) is 11.7 Å².